The first-order chi connectivity index (χ1) is 7.91. The number of halogens is 3. The molecule has 0 spiro atoms. The van der Waals surface area contributed by atoms with E-state index in [9.17, 15) is 26.4 Å². The summed E-state index contributed by atoms with van der Waals surface area (Å²) in [5.41, 5.74) is -5.45. The van der Waals surface area contributed by atoms with Crippen molar-refractivity contribution in [1.29, 1.82) is 0 Å². The summed E-state index contributed by atoms with van der Waals surface area (Å²) in [5, 5.41) is 0. The van der Waals surface area contributed by atoms with Crippen LogP contribution in [0.2, 0.25) is 0 Å². The first-order valence-corrected chi connectivity index (χ1v) is 9.11. The minimum absolute atomic E-state index is 0.225. The van der Waals surface area contributed by atoms with E-state index in [4.69, 9.17) is 0 Å². The van der Waals surface area contributed by atoms with Crippen LogP contribution in [0.3, 0.4) is 0 Å². The third-order valence-corrected chi connectivity index (χ3v) is 5.65. The lowest BCUT2D eigenvalue weighted by Crippen LogP contribution is -2.28. The smallest absolute Gasteiger partial charge is 0.299 e. The van der Waals surface area contributed by atoms with Gasteiger partial charge in [0.05, 0.1) is 5.75 Å². The number of carbonyl (C=O) groups is 1. The molecule has 0 amide bonds. The molecule has 0 heterocycles. The van der Waals surface area contributed by atoms with Crippen molar-refractivity contribution >= 4 is 26.2 Å². The highest BCUT2D eigenvalue weighted by atomic mass is 32.3. The Kier molecular flexibility index (Phi) is 6.15. The molecule has 0 saturated heterocycles. The first kappa shape index (κ1) is 17.7. The maximum Gasteiger partial charge on any atom is 0.523 e. The number of hydrogen-bond acceptors (Lipinski definition) is 4. The van der Waals surface area contributed by atoms with Gasteiger partial charge >= 0.3 is 15.6 Å². The molecule has 0 aromatic heterocycles. The number of Topliss-reactive ketones (excluding diaryl/α,β-unsaturated/α-hetero) is 1. The van der Waals surface area contributed by atoms with Gasteiger partial charge in [-0.05, 0) is 18.9 Å². The third kappa shape index (κ3) is 6.05. The molecule has 0 N–H and O–H groups in total. The minimum atomic E-state index is -5.64. The lowest BCUT2D eigenvalue weighted by atomic mass is 10.2. The molecule has 0 fully saturated rings. The SMILES string of the molecule is CCCCC(=O)CS(C)(C)OS(=O)(=O)C(F)(F)F. The first-order valence-electron chi connectivity index (χ1n) is 5.16. The number of carbonyl (C=O) groups excluding carboxylic acids is 1. The molecule has 0 aromatic carbocycles. The molecule has 9 heteroatoms. The van der Waals surface area contributed by atoms with E-state index >= 15 is 0 Å². The van der Waals surface area contributed by atoms with Crippen molar-refractivity contribution in [2.45, 2.75) is 31.7 Å². The average Bonchev–Trinajstić information content (AvgIpc) is 2.09. The zero-order chi connectivity index (χ0) is 14.6. The maximum absolute atomic E-state index is 12.1. The molecule has 0 aromatic rings. The van der Waals surface area contributed by atoms with Gasteiger partial charge in [0.1, 0.15) is 5.78 Å². The number of unbranched alkanes of at least 4 members (excludes halogenated alkanes) is 1. The van der Waals surface area contributed by atoms with E-state index in [0.717, 1.165) is 6.42 Å². The zero-order valence-corrected chi connectivity index (χ0v) is 12.0. The summed E-state index contributed by atoms with van der Waals surface area (Å²) in [6.45, 7) is 1.87. The van der Waals surface area contributed by atoms with Crippen LogP contribution in [-0.2, 0) is 18.5 Å². The standard InChI is InChI=1S/C9H17F3O4S2/c1-4-5-6-8(13)7-17(2,3)16-18(14,15)9(10,11)12/h4-7H2,1-3H3. The Morgan fingerprint density at radius 2 is 1.72 bits per heavy atom. The van der Waals surface area contributed by atoms with E-state index in [-0.39, 0.29) is 18.0 Å². The minimum Gasteiger partial charge on any atom is -0.299 e. The van der Waals surface area contributed by atoms with E-state index in [1.165, 1.54) is 12.5 Å². The van der Waals surface area contributed by atoms with E-state index in [1.807, 2.05) is 6.92 Å². The lowest BCUT2D eigenvalue weighted by Gasteiger charge is -2.29. The van der Waals surface area contributed by atoms with Crippen LogP contribution in [0.4, 0.5) is 13.2 Å². The largest absolute Gasteiger partial charge is 0.523 e. The average molecular weight is 310 g/mol. The third-order valence-electron chi connectivity index (χ3n) is 1.88. The molecule has 0 aliphatic rings. The molecule has 0 radical (unpaired) electrons. The number of rotatable bonds is 7. The summed E-state index contributed by atoms with van der Waals surface area (Å²) in [6.07, 6.45) is 4.08. The Morgan fingerprint density at radius 1 is 1.22 bits per heavy atom. The molecular weight excluding hydrogens is 293 g/mol. The molecule has 0 unspecified atom stereocenters. The molecular formula is C9H17F3O4S2. The van der Waals surface area contributed by atoms with Gasteiger partial charge in [0, 0.05) is 6.42 Å². The van der Waals surface area contributed by atoms with Gasteiger partial charge in [-0.1, -0.05) is 13.3 Å². The predicted molar refractivity (Wildman–Crippen MR) is 64.9 cm³/mol. The molecule has 0 bridgehead atoms. The number of hydrogen-bond donors (Lipinski definition) is 0. The molecule has 0 atom stereocenters. The van der Waals surface area contributed by atoms with Gasteiger partial charge < -0.3 is 0 Å². The second-order valence-corrected chi connectivity index (χ2v) is 9.27. The van der Waals surface area contributed by atoms with Crippen molar-refractivity contribution in [2.24, 2.45) is 0 Å². The maximum atomic E-state index is 12.1. The highest BCUT2D eigenvalue weighted by Gasteiger charge is 2.49. The monoisotopic (exact) mass is 310 g/mol. The molecule has 110 valence electrons. The zero-order valence-electron chi connectivity index (χ0n) is 10.4. The van der Waals surface area contributed by atoms with Crippen molar-refractivity contribution < 1.29 is 30.0 Å². The topological polar surface area (TPSA) is 60.4 Å². The quantitative estimate of drug-likeness (QED) is 0.678. The fourth-order valence-electron chi connectivity index (χ4n) is 1.14. The van der Waals surface area contributed by atoms with Crippen molar-refractivity contribution in [1.82, 2.24) is 0 Å². The summed E-state index contributed by atoms with van der Waals surface area (Å²) in [7, 11) is -8.25. The van der Waals surface area contributed by atoms with Crippen molar-refractivity contribution in [3.63, 3.8) is 0 Å². The van der Waals surface area contributed by atoms with E-state index in [1.54, 1.807) is 0 Å². The van der Waals surface area contributed by atoms with Gasteiger partial charge in [0.2, 0.25) is 0 Å². The summed E-state index contributed by atoms with van der Waals surface area (Å²) in [4.78, 5) is 11.4. The number of ketones is 1. The second-order valence-electron chi connectivity index (χ2n) is 4.19. The summed E-state index contributed by atoms with van der Waals surface area (Å²) in [5.74, 6) is -0.573. The fraction of sp³-hybridized carbons (Fsp3) is 0.889. The van der Waals surface area contributed by atoms with Crippen LogP contribution in [0.1, 0.15) is 26.2 Å². The Bertz CT molecular complexity index is 387. The normalized spacial score (nSPS) is 14.6. The number of alkyl halides is 3. The molecule has 4 nitrogen and oxygen atoms in total. The Morgan fingerprint density at radius 3 is 2.11 bits per heavy atom. The Labute approximate surface area is 107 Å². The Balaban J connectivity index is 4.63. The fourth-order valence-corrected chi connectivity index (χ4v) is 4.50. The van der Waals surface area contributed by atoms with Crippen molar-refractivity contribution in [3.05, 3.63) is 0 Å². The summed E-state index contributed by atoms with van der Waals surface area (Å²) in [6, 6.07) is 0. The molecule has 0 aliphatic heterocycles. The van der Waals surface area contributed by atoms with Crippen LogP contribution in [0.25, 0.3) is 0 Å². The molecule has 18 heavy (non-hydrogen) atoms. The molecule has 0 aliphatic carbocycles. The van der Waals surface area contributed by atoms with Gasteiger partial charge in [-0.15, -0.1) is 10.3 Å². The van der Waals surface area contributed by atoms with E-state index in [0.29, 0.717) is 6.42 Å². The Hall–Kier alpha value is -0.280. The van der Waals surface area contributed by atoms with Crippen LogP contribution in [0, 0.1) is 0 Å². The summed E-state index contributed by atoms with van der Waals surface area (Å²) < 4.78 is 62.2. The summed E-state index contributed by atoms with van der Waals surface area (Å²) >= 11 is 0. The van der Waals surface area contributed by atoms with Crippen LogP contribution < -0.4 is 0 Å². The second kappa shape index (κ2) is 6.25. The van der Waals surface area contributed by atoms with Crippen LogP contribution in [0.5, 0.6) is 0 Å². The lowest BCUT2D eigenvalue weighted by molar-refractivity contribution is -0.116. The van der Waals surface area contributed by atoms with Crippen LogP contribution in [0.15, 0.2) is 0 Å². The van der Waals surface area contributed by atoms with Gasteiger partial charge in [-0.2, -0.15) is 21.6 Å². The van der Waals surface area contributed by atoms with Gasteiger partial charge in [0.15, 0.2) is 0 Å². The highest BCUT2D eigenvalue weighted by molar-refractivity contribution is 8.32. The van der Waals surface area contributed by atoms with Crippen LogP contribution >= 0.6 is 10.3 Å². The predicted octanol–water partition coefficient (Wildman–Crippen LogP) is 2.59. The van der Waals surface area contributed by atoms with Gasteiger partial charge in [-0.25, -0.2) is 3.63 Å². The van der Waals surface area contributed by atoms with Crippen LogP contribution in [-0.4, -0.2) is 38.0 Å². The van der Waals surface area contributed by atoms with E-state index in [2.05, 4.69) is 3.63 Å². The van der Waals surface area contributed by atoms with Gasteiger partial charge in [0.25, 0.3) is 0 Å². The van der Waals surface area contributed by atoms with E-state index < -0.39 is 25.9 Å². The van der Waals surface area contributed by atoms with Gasteiger partial charge in [-0.3, -0.25) is 4.79 Å². The van der Waals surface area contributed by atoms with Crippen molar-refractivity contribution in [3.8, 4) is 0 Å². The highest BCUT2D eigenvalue weighted by Crippen LogP contribution is 2.46. The molecule has 0 rings (SSSR count). The van der Waals surface area contributed by atoms with Crippen molar-refractivity contribution in [2.75, 3.05) is 18.3 Å². The molecule has 0 saturated carbocycles.